The summed E-state index contributed by atoms with van der Waals surface area (Å²) in [6.45, 7) is 10.3. The van der Waals surface area contributed by atoms with Gasteiger partial charge in [-0.3, -0.25) is 10.6 Å². The van der Waals surface area contributed by atoms with E-state index in [0.717, 1.165) is 0 Å². The predicted molar refractivity (Wildman–Crippen MR) is 96.0 cm³/mol. The van der Waals surface area contributed by atoms with E-state index in [0.29, 0.717) is 0 Å². The molecule has 0 atom stereocenters. The van der Waals surface area contributed by atoms with Crippen molar-refractivity contribution < 1.29 is 29.1 Å². The van der Waals surface area contributed by atoms with Crippen molar-refractivity contribution in [2.45, 2.75) is 52.7 Å². The van der Waals surface area contributed by atoms with Gasteiger partial charge in [0.25, 0.3) is 0 Å². The van der Waals surface area contributed by atoms with E-state index in [2.05, 4.69) is 10.6 Å². The van der Waals surface area contributed by atoms with Gasteiger partial charge in [-0.05, 0) is 59.7 Å². The molecule has 0 bridgehead atoms. The highest BCUT2D eigenvalue weighted by Crippen LogP contribution is 2.16. The summed E-state index contributed by atoms with van der Waals surface area (Å²) in [5.41, 5.74) is -0.924. The van der Waals surface area contributed by atoms with Gasteiger partial charge in [0.1, 0.15) is 11.2 Å². The monoisotopic (exact) mass is 352 g/mol. The fourth-order valence-electron chi connectivity index (χ4n) is 1.80. The fourth-order valence-corrected chi connectivity index (χ4v) is 1.80. The topological polar surface area (TPSA) is 117 Å². The van der Waals surface area contributed by atoms with Gasteiger partial charge in [0.05, 0.1) is 0 Å². The van der Waals surface area contributed by atoms with Crippen LogP contribution in [0.4, 0.5) is 21.0 Å². The van der Waals surface area contributed by atoms with Crippen molar-refractivity contribution in [3.63, 3.8) is 0 Å². The molecule has 0 aliphatic rings. The number of carbonyl (C=O) groups excluding carboxylic acids is 2. The van der Waals surface area contributed by atoms with Gasteiger partial charge in [-0.1, -0.05) is 0 Å². The Hall–Kier alpha value is -2.26. The van der Waals surface area contributed by atoms with E-state index in [9.17, 15) is 19.6 Å². The molecule has 0 unspecified atom stereocenters. The van der Waals surface area contributed by atoms with Gasteiger partial charge < -0.3 is 19.5 Å². The lowest BCUT2D eigenvalue weighted by molar-refractivity contribution is 0.0624. The maximum Gasteiger partial charge on any atom is 0.490 e. The van der Waals surface area contributed by atoms with Gasteiger partial charge in [-0.2, -0.15) is 0 Å². The molecule has 8 nitrogen and oxygen atoms in total. The van der Waals surface area contributed by atoms with E-state index in [-0.39, 0.29) is 16.8 Å². The Labute approximate surface area is 147 Å². The molecular weight excluding hydrogens is 327 g/mol. The van der Waals surface area contributed by atoms with Gasteiger partial charge >= 0.3 is 19.3 Å². The van der Waals surface area contributed by atoms with Crippen molar-refractivity contribution in [3.8, 4) is 0 Å². The van der Waals surface area contributed by atoms with E-state index < -0.39 is 30.5 Å². The molecule has 0 aliphatic heterocycles. The Morgan fingerprint density at radius 2 is 1.40 bits per heavy atom. The molecule has 9 heteroatoms. The molecule has 0 radical (unpaired) electrons. The first-order valence-electron chi connectivity index (χ1n) is 7.77. The number of anilines is 2. The Kier molecular flexibility index (Phi) is 6.45. The first kappa shape index (κ1) is 20.8. The van der Waals surface area contributed by atoms with Gasteiger partial charge in [-0.15, -0.1) is 0 Å². The van der Waals surface area contributed by atoms with Crippen LogP contribution >= 0.6 is 0 Å². The van der Waals surface area contributed by atoms with E-state index in [1.807, 2.05) is 0 Å². The molecule has 0 fully saturated rings. The van der Waals surface area contributed by atoms with E-state index in [1.54, 1.807) is 41.5 Å². The molecule has 0 spiro atoms. The van der Waals surface area contributed by atoms with Crippen LogP contribution in [0.2, 0.25) is 0 Å². The summed E-state index contributed by atoms with van der Waals surface area (Å²) in [6, 6.07) is 4.23. The molecule has 138 valence electrons. The largest absolute Gasteiger partial charge is 0.490 e. The molecule has 25 heavy (non-hydrogen) atoms. The van der Waals surface area contributed by atoms with Crippen molar-refractivity contribution in [3.05, 3.63) is 18.2 Å². The minimum atomic E-state index is -1.86. The Morgan fingerprint density at radius 1 is 0.920 bits per heavy atom. The van der Waals surface area contributed by atoms with Crippen molar-refractivity contribution in [1.82, 2.24) is 0 Å². The highest BCUT2D eigenvalue weighted by molar-refractivity contribution is 6.61. The van der Waals surface area contributed by atoms with E-state index in [4.69, 9.17) is 9.47 Å². The molecule has 0 heterocycles. The van der Waals surface area contributed by atoms with Crippen LogP contribution in [-0.2, 0) is 9.47 Å². The number of amides is 2. The molecule has 0 aliphatic carbocycles. The van der Waals surface area contributed by atoms with Crippen LogP contribution in [0.25, 0.3) is 0 Å². The smallest absolute Gasteiger partial charge is 0.444 e. The van der Waals surface area contributed by atoms with Gasteiger partial charge in [0.15, 0.2) is 0 Å². The minimum Gasteiger partial charge on any atom is -0.444 e. The summed E-state index contributed by atoms with van der Waals surface area (Å²) in [5, 5.41) is 24.0. The second-order valence-corrected chi connectivity index (χ2v) is 7.43. The summed E-state index contributed by atoms with van der Waals surface area (Å²) in [6.07, 6.45) is -1.42. The second kappa shape index (κ2) is 7.75. The summed E-state index contributed by atoms with van der Waals surface area (Å²) >= 11 is 0. The third-order valence-electron chi connectivity index (χ3n) is 2.61. The average Bonchev–Trinajstić information content (AvgIpc) is 2.35. The summed E-state index contributed by atoms with van der Waals surface area (Å²) < 4.78 is 10.2. The van der Waals surface area contributed by atoms with Gasteiger partial charge in [0.2, 0.25) is 0 Å². The zero-order valence-corrected chi connectivity index (χ0v) is 15.3. The van der Waals surface area contributed by atoms with Crippen molar-refractivity contribution in [2.75, 3.05) is 10.6 Å². The predicted octanol–water partition coefficient (Wildman–Crippen LogP) is 2.06. The van der Waals surface area contributed by atoms with Crippen LogP contribution < -0.4 is 16.1 Å². The maximum atomic E-state index is 11.8. The zero-order chi connectivity index (χ0) is 19.4. The fraction of sp³-hybridized carbons (Fsp3) is 0.500. The standard InChI is InChI=1S/C16H25BN2O6/c1-15(2,3)24-13(20)18-10-7-8-12(11(9-10)17(22)23)19-14(21)25-16(4,5)6/h7-9,22-23H,1-6H3,(H,18,20)(H,19,21). The number of hydrogen-bond donors (Lipinski definition) is 4. The quantitative estimate of drug-likeness (QED) is 0.619. The van der Waals surface area contributed by atoms with E-state index >= 15 is 0 Å². The van der Waals surface area contributed by atoms with Crippen LogP contribution in [0.3, 0.4) is 0 Å². The van der Waals surface area contributed by atoms with Crippen LogP contribution in [0.15, 0.2) is 18.2 Å². The summed E-state index contributed by atoms with van der Waals surface area (Å²) in [4.78, 5) is 23.6. The number of hydrogen-bond acceptors (Lipinski definition) is 6. The average molecular weight is 352 g/mol. The highest BCUT2D eigenvalue weighted by atomic mass is 16.6. The molecular formula is C16H25BN2O6. The van der Waals surface area contributed by atoms with Crippen LogP contribution in [-0.4, -0.2) is 40.6 Å². The Morgan fingerprint density at radius 3 is 1.84 bits per heavy atom. The zero-order valence-electron chi connectivity index (χ0n) is 15.3. The van der Waals surface area contributed by atoms with Crippen LogP contribution in [0.5, 0.6) is 0 Å². The van der Waals surface area contributed by atoms with E-state index in [1.165, 1.54) is 18.2 Å². The summed E-state index contributed by atoms with van der Waals surface area (Å²) in [7, 11) is -1.86. The van der Waals surface area contributed by atoms with Crippen LogP contribution in [0, 0.1) is 0 Å². The highest BCUT2D eigenvalue weighted by Gasteiger charge is 2.22. The molecule has 1 aromatic rings. The molecule has 0 saturated carbocycles. The first-order chi connectivity index (χ1) is 11.3. The molecule has 1 rings (SSSR count). The lowest BCUT2D eigenvalue weighted by Crippen LogP contribution is -2.35. The van der Waals surface area contributed by atoms with Gasteiger partial charge in [-0.25, -0.2) is 9.59 Å². The lowest BCUT2D eigenvalue weighted by Gasteiger charge is -2.21. The second-order valence-electron chi connectivity index (χ2n) is 7.43. The van der Waals surface area contributed by atoms with Crippen LogP contribution in [0.1, 0.15) is 41.5 Å². The summed E-state index contributed by atoms with van der Waals surface area (Å²) in [5.74, 6) is 0. The Balaban J connectivity index is 2.93. The third kappa shape index (κ3) is 7.91. The molecule has 4 N–H and O–H groups in total. The minimum absolute atomic E-state index is 0.000539. The number of benzene rings is 1. The molecule has 1 aromatic carbocycles. The lowest BCUT2D eigenvalue weighted by atomic mass is 9.78. The molecule has 0 aromatic heterocycles. The SMILES string of the molecule is CC(C)(C)OC(=O)Nc1ccc(NC(=O)OC(C)(C)C)c(B(O)O)c1. The van der Waals surface area contributed by atoms with Crippen molar-refractivity contribution in [1.29, 1.82) is 0 Å². The van der Waals surface area contributed by atoms with Gasteiger partial charge in [0, 0.05) is 16.8 Å². The number of rotatable bonds is 3. The number of ether oxygens (including phenoxy) is 2. The van der Waals surface area contributed by atoms with Crippen molar-refractivity contribution >= 4 is 36.1 Å². The molecule has 2 amide bonds. The Bertz CT molecular complexity index is 634. The van der Waals surface area contributed by atoms with Crippen molar-refractivity contribution in [2.24, 2.45) is 0 Å². The third-order valence-corrected chi connectivity index (χ3v) is 2.61. The normalized spacial score (nSPS) is 11.5. The number of carbonyl (C=O) groups is 2. The first-order valence-corrected chi connectivity index (χ1v) is 7.77. The number of nitrogens with one attached hydrogen (secondary N) is 2. The molecule has 0 saturated heterocycles. The maximum absolute atomic E-state index is 11.8.